The molecule has 0 aliphatic carbocycles. The predicted molar refractivity (Wildman–Crippen MR) is 120 cm³/mol. The van der Waals surface area contributed by atoms with E-state index in [-0.39, 0.29) is 6.03 Å². The van der Waals surface area contributed by atoms with Crippen LogP contribution >= 0.6 is 0 Å². The monoisotopic (exact) mass is 422 g/mol. The number of ether oxygens (including phenoxy) is 2. The van der Waals surface area contributed by atoms with Crippen LogP contribution in [0.1, 0.15) is 49.8 Å². The summed E-state index contributed by atoms with van der Waals surface area (Å²) in [7, 11) is 1.35. The standard InChI is InChI=1S/C25H30N2O4/c1-3-4-12-21-22(24(28)30-2)23(27-25(29)26-21)19-13-15-20(16-14-19)31-17-8-11-18-9-6-5-7-10-18/h5-7,9-10,13-16,23H,3-4,8,11-12,17H2,1-2H3,(H2,26,27,29). The van der Waals surface area contributed by atoms with Gasteiger partial charge in [-0.25, -0.2) is 9.59 Å². The van der Waals surface area contributed by atoms with E-state index in [4.69, 9.17) is 9.47 Å². The molecular formula is C25H30N2O4. The van der Waals surface area contributed by atoms with E-state index in [1.54, 1.807) is 0 Å². The Morgan fingerprint density at radius 1 is 1.00 bits per heavy atom. The summed E-state index contributed by atoms with van der Waals surface area (Å²) in [6.45, 7) is 2.68. The summed E-state index contributed by atoms with van der Waals surface area (Å²) in [6.07, 6.45) is 4.34. The van der Waals surface area contributed by atoms with E-state index >= 15 is 0 Å². The maximum Gasteiger partial charge on any atom is 0.337 e. The Balaban J connectivity index is 1.67. The molecule has 6 nitrogen and oxygen atoms in total. The van der Waals surface area contributed by atoms with Gasteiger partial charge in [-0.1, -0.05) is 55.8 Å². The zero-order chi connectivity index (χ0) is 22.1. The number of allylic oxidation sites excluding steroid dienone is 1. The van der Waals surface area contributed by atoms with Gasteiger partial charge in [0.1, 0.15) is 5.75 Å². The molecule has 0 saturated carbocycles. The van der Waals surface area contributed by atoms with E-state index in [1.165, 1.54) is 12.7 Å². The van der Waals surface area contributed by atoms with Crippen molar-refractivity contribution in [2.75, 3.05) is 13.7 Å². The van der Waals surface area contributed by atoms with Crippen molar-refractivity contribution in [1.82, 2.24) is 10.6 Å². The molecule has 2 aromatic carbocycles. The van der Waals surface area contributed by atoms with Crippen molar-refractivity contribution in [1.29, 1.82) is 0 Å². The van der Waals surface area contributed by atoms with Crippen LogP contribution in [0.3, 0.4) is 0 Å². The second kappa shape index (κ2) is 11.2. The second-order valence-electron chi connectivity index (χ2n) is 7.53. The minimum absolute atomic E-state index is 0.315. The Morgan fingerprint density at radius 3 is 2.42 bits per heavy atom. The molecule has 0 aromatic heterocycles. The number of benzene rings is 2. The molecule has 0 bridgehead atoms. The number of methoxy groups -OCH3 is 1. The minimum Gasteiger partial charge on any atom is -0.494 e. The topological polar surface area (TPSA) is 76.7 Å². The van der Waals surface area contributed by atoms with Gasteiger partial charge in [0, 0.05) is 5.70 Å². The summed E-state index contributed by atoms with van der Waals surface area (Å²) in [5.74, 6) is 0.316. The predicted octanol–water partition coefficient (Wildman–Crippen LogP) is 4.67. The van der Waals surface area contributed by atoms with Crippen LogP contribution in [0, 0.1) is 0 Å². The van der Waals surface area contributed by atoms with E-state index in [9.17, 15) is 9.59 Å². The summed E-state index contributed by atoms with van der Waals surface area (Å²) in [6, 6.07) is 16.9. The van der Waals surface area contributed by atoms with Gasteiger partial charge in [-0.15, -0.1) is 0 Å². The molecule has 1 atom stereocenters. The van der Waals surface area contributed by atoms with Crippen molar-refractivity contribution >= 4 is 12.0 Å². The quantitative estimate of drug-likeness (QED) is 0.431. The molecule has 3 rings (SSSR count). The third-order valence-electron chi connectivity index (χ3n) is 5.27. The SMILES string of the molecule is CCCCC1=C(C(=O)OC)C(c2ccc(OCCCc3ccccc3)cc2)NC(=O)N1. The van der Waals surface area contributed by atoms with Gasteiger partial charge >= 0.3 is 12.0 Å². The van der Waals surface area contributed by atoms with Crippen LogP contribution in [-0.4, -0.2) is 25.7 Å². The highest BCUT2D eigenvalue weighted by Crippen LogP contribution is 2.30. The van der Waals surface area contributed by atoms with Crippen LogP contribution < -0.4 is 15.4 Å². The number of carbonyl (C=O) groups is 2. The van der Waals surface area contributed by atoms with Crippen molar-refractivity contribution in [3.05, 3.63) is 77.0 Å². The molecular weight excluding hydrogens is 392 g/mol. The summed E-state index contributed by atoms with van der Waals surface area (Å²) >= 11 is 0. The molecule has 0 radical (unpaired) electrons. The van der Waals surface area contributed by atoms with Crippen LogP contribution in [0.5, 0.6) is 5.75 Å². The molecule has 164 valence electrons. The first-order valence-corrected chi connectivity index (χ1v) is 10.8. The smallest absolute Gasteiger partial charge is 0.337 e. The number of urea groups is 1. The maximum absolute atomic E-state index is 12.5. The number of esters is 1. The highest BCUT2D eigenvalue weighted by molar-refractivity contribution is 5.95. The third-order valence-corrected chi connectivity index (χ3v) is 5.27. The lowest BCUT2D eigenvalue weighted by Gasteiger charge is -2.29. The van der Waals surface area contributed by atoms with Crippen LogP contribution in [-0.2, 0) is 16.0 Å². The number of amides is 2. The van der Waals surface area contributed by atoms with Crippen molar-refractivity contribution in [2.24, 2.45) is 0 Å². The molecule has 1 heterocycles. The lowest BCUT2D eigenvalue weighted by molar-refractivity contribution is -0.136. The largest absolute Gasteiger partial charge is 0.494 e. The summed E-state index contributed by atoms with van der Waals surface area (Å²) in [4.78, 5) is 24.7. The number of rotatable bonds is 10. The summed E-state index contributed by atoms with van der Waals surface area (Å²) < 4.78 is 10.9. The number of aryl methyl sites for hydroxylation is 1. The Hall–Kier alpha value is -3.28. The van der Waals surface area contributed by atoms with Gasteiger partial charge in [-0.3, -0.25) is 0 Å². The molecule has 31 heavy (non-hydrogen) atoms. The fraction of sp³-hybridized carbons (Fsp3) is 0.360. The first-order valence-electron chi connectivity index (χ1n) is 10.8. The molecule has 1 aliphatic heterocycles. The first-order chi connectivity index (χ1) is 15.1. The van der Waals surface area contributed by atoms with E-state index in [0.29, 0.717) is 24.3 Å². The lowest BCUT2D eigenvalue weighted by Crippen LogP contribution is -2.45. The summed E-state index contributed by atoms with van der Waals surface area (Å²) in [5, 5.41) is 5.62. The van der Waals surface area contributed by atoms with Crippen molar-refractivity contribution < 1.29 is 19.1 Å². The highest BCUT2D eigenvalue weighted by Gasteiger charge is 2.33. The lowest BCUT2D eigenvalue weighted by atomic mass is 9.93. The Labute approximate surface area is 183 Å². The Morgan fingerprint density at radius 2 is 1.74 bits per heavy atom. The van der Waals surface area contributed by atoms with Crippen LogP contribution in [0.15, 0.2) is 65.9 Å². The van der Waals surface area contributed by atoms with Gasteiger partial charge in [-0.2, -0.15) is 0 Å². The normalized spacial score (nSPS) is 15.8. The van der Waals surface area contributed by atoms with Crippen molar-refractivity contribution in [3.63, 3.8) is 0 Å². The number of hydrogen-bond donors (Lipinski definition) is 2. The number of carbonyl (C=O) groups excluding carboxylic acids is 2. The van der Waals surface area contributed by atoms with E-state index in [2.05, 4.69) is 29.7 Å². The molecule has 0 spiro atoms. The number of unbranched alkanes of at least 4 members (excludes halogenated alkanes) is 1. The molecule has 2 amide bonds. The molecule has 1 unspecified atom stereocenters. The van der Waals surface area contributed by atoms with Gasteiger partial charge in [0.2, 0.25) is 0 Å². The fourth-order valence-electron chi connectivity index (χ4n) is 3.64. The highest BCUT2D eigenvalue weighted by atomic mass is 16.5. The molecule has 2 aromatic rings. The number of hydrogen-bond acceptors (Lipinski definition) is 4. The number of nitrogens with one attached hydrogen (secondary N) is 2. The van der Waals surface area contributed by atoms with Crippen molar-refractivity contribution in [2.45, 2.75) is 45.1 Å². The van der Waals surface area contributed by atoms with Crippen molar-refractivity contribution in [3.8, 4) is 5.75 Å². The molecule has 0 fully saturated rings. The second-order valence-corrected chi connectivity index (χ2v) is 7.53. The molecule has 1 aliphatic rings. The van der Waals surface area contributed by atoms with Gasteiger partial charge in [-0.05, 0) is 48.9 Å². The Kier molecular flexibility index (Phi) is 8.10. The first kappa shape index (κ1) is 22.4. The van der Waals surface area contributed by atoms with E-state index in [1.807, 2.05) is 42.5 Å². The van der Waals surface area contributed by atoms with Gasteiger partial charge < -0.3 is 20.1 Å². The molecule has 6 heteroatoms. The van der Waals surface area contributed by atoms with E-state index < -0.39 is 12.0 Å². The zero-order valence-corrected chi connectivity index (χ0v) is 18.1. The van der Waals surface area contributed by atoms with Gasteiger partial charge in [0.05, 0.1) is 25.3 Å². The van der Waals surface area contributed by atoms with Crippen LogP contribution in [0.2, 0.25) is 0 Å². The summed E-state index contributed by atoms with van der Waals surface area (Å²) in [5.41, 5.74) is 3.18. The third kappa shape index (κ3) is 6.10. The average molecular weight is 423 g/mol. The molecule has 0 saturated heterocycles. The van der Waals surface area contributed by atoms with Crippen LogP contribution in [0.25, 0.3) is 0 Å². The van der Waals surface area contributed by atoms with Gasteiger partial charge in [0.15, 0.2) is 0 Å². The average Bonchev–Trinajstić information content (AvgIpc) is 2.80. The van der Waals surface area contributed by atoms with Gasteiger partial charge in [0.25, 0.3) is 0 Å². The molecule has 2 N–H and O–H groups in total. The zero-order valence-electron chi connectivity index (χ0n) is 18.1. The minimum atomic E-state index is -0.555. The maximum atomic E-state index is 12.5. The fourth-order valence-corrected chi connectivity index (χ4v) is 3.64. The van der Waals surface area contributed by atoms with E-state index in [0.717, 1.165) is 37.0 Å². The van der Waals surface area contributed by atoms with Crippen LogP contribution in [0.4, 0.5) is 4.79 Å². The Bertz CT molecular complexity index is 907.